The molecule has 1 saturated carbocycles. The van der Waals surface area contributed by atoms with Crippen molar-refractivity contribution < 1.29 is 4.39 Å². The number of hydrogen-bond acceptors (Lipinski definition) is 1. The Balaban J connectivity index is 1.70. The lowest BCUT2D eigenvalue weighted by Crippen LogP contribution is -2.40. The molecule has 0 spiro atoms. The summed E-state index contributed by atoms with van der Waals surface area (Å²) in [5.41, 5.74) is 1.28. The Labute approximate surface area is 103 Å². The second-order valence-electron chi connectivity index (χ2n) is 4.73. The van der Waals surface area contributed by atoms with Gasteiger partial charge in [0.05, 0.1) is 0 Å². The third-order valence-corrected chi connectivity index (χ3v) is 3.46. The number of hydrogen-bond donors (Lipinski definition) is 1. The molecule has 1 aliphatic rings. The van der Waals surface area contributed by atoms with Gasteiger partial charge in [0.15, 0.2) is 0 Å². The normalized spacial score (nSPS) is 23.9. The summed E-state index contributed by atoms with van der Waals surface area (Å²) in [6.07, 6.45) is 7.74. The van der Waals surface area contributed by atoms with Crippen molar-refractivity contribution in [3.8, 4) is 0 Å². The quantitative estimate of drug-likeness (QED) is 0.605. The summed E-state index contributed by atoms with van der Waals surface area (Å²) in [6.45, 7) is 3.11. The first-order chi connectivity index (χ1) is 8.29. The molecule has 2 heteroatoms. The number of allylic oxidation sites excluding steroid dienone is 1. The van der Waals surface area contributed by atoms with Crippen molar-refractivity contribution in [1.29, 1.82) is 0 Å². The van der Waals surface area contributed by atoms with Crippen LogP contribution in [0.3, 0.4) is 0 Å². The Bertz CT molecular complexity index is 363. The van der Waals surface area contributed by atoms with E-state index in [2.05, 4.69) is 17.5 Å². The fourth-order valence-corrected chi connectivity index (χ4v) is 2.33. The maximum absolute atomic E-state index is 12.8. The van der Waals surface area contributed by atoms with Gasteiger partial charge in [0.25, 0.3) is 0 Å². The predicted octanol–water partition coefficient (Wildman–Crippen LogP) is 3.63. The molecule has 1 N–H and O–H groups in total. The van der Waals surface area contributed by atoms with Crippen LogP contribution >= 0.6 is 0 Å². The van der Waals surface area contributed by atoms with Crippen molar-refractivity contribution in [2.75, 3.05) is 6.54 Å². The van der Waals surface area contributed by atoms with E-state index in [1.807, 2.05) is 19.1 Å². The van der Waals surface area contributed by atoms with E-state index in [-0.39, 0.29) is 5.82 Å². The van der Waals surface area contributed by atoms with Crippen LogP contribution in [0, 0.1) is 5.82 Å². The van der Waals surface area contributed by atoms with Crippen molar-refractivity contribution in [3.05, 3.63) is 47.8 Å². The second-order valence-corrected chi connectivity index (χ2v) is 4.73. The Morgan fingerprint density at radius 2 is 2.00 bits per heavy atom. The molecule has 17 heavy (non-hydrogen) atoms. The van der Waals surface area contributed by atoms with Gasteiger partial charge in [-0.25, -0.2) is 4.39 Å². The first kappa shape index (κ1) is 12.3. The van der Waals surface area contributed by atoms with Crippen LogP contribution < -0.4 is 5.32 Å². The smallest absolute Gasteiger partial charge is 0.123 e. The topological polar surface area (TPSA) is 12.0 Å². The molecule has 1 aromatic rings. The third-order valence-electron chi connectivity index (χ3n) is 3.46. The summed E-state index contributed by atoms with van der Waals surface area (Å²) in [7, 11) is 0. The zero-order valence-electron chi connectivity index (χ0n) is 10.3. The molecule has 0 radical (unpaired) electrons. The fraction of sp³-hybridized carbons (Fsp3) is 0.467. The van der Waals surface area contributed by atoms with Gasteiger partial charge in [-0.05, 0) is 56.3 Å². The minimum Gasteiger partial charge on any atom is -0.314 e. The van der Waals surface area contributed by atoms with Gasteiger partial charge >= 0.3 is 0 Å². The number of nitrogens with one attached hydrogen (secondary N) is 1. The van der Waals surface area contributed by atoms with Crippen molar-refractivity contribution >= 4 is 0 Å². The van der Waals surface area contributed by atoms with E-state index in [1.165, 1.54) is 18.4 Å². The monoisotopic (exact) mass is 233 g/mol. The zero-order valence-corrected chi connectivity index (χ0v) is 10.3. The van der Waals surface area contributed by atoms with E-state index >= 15 is 0 Å². The first-order valence-corrected chi connectivity index (χ1v) is 6.39. The molecule has 0 unspecified atom stereocenters. The molecule has 0 aliphatic heterocycles. The lowest BCUT2D eigenvalue weighted by Gasteiger charge is -2.36. The molecule has 1 aliphatic carbocycles. The van der Waals surface area contributed by atoms with E-state index in [1.54, 1.807) is 12.1 Å². The van der Waals surface area contributed by atoms with Gasteiger partial charge < -0.3 is 5.32 Å². The standard InChI is InChI=1S/C15H20FN/c1-2-3-4-9-17-15-10-13(11-15)12-5-7-14(16)8-6-12/h2-3,5-8,13,15,17H,4,9-11H2,1H3/b3-2+. The van der Waals surface area contributed by atoms with Gasteiger partial charge in [0.2, 0.25) is 0 Å². The Morgan fingerprint density at radius 3 is 2.65 bits per heavy atom. The van der Waals surface area contributed by atoms with Crippen molar-refractivity contribution in [2.24, 2.45) is 0 Å². The van der Waals surface area contributed by atoms with E-state index in [0.717, 1.165) is 13.0 Å². The second kappa shape index (κ2) is 5.97. The largest absolute Gasteiger partial charge is 0.314 e. The van der Waals surface area contributed by atoms with E-state index in [9.17, 15) is 4.39 Å². The minimum absolute atomic E-state index is 0.144. The highest BCUT2D eigenvalue weighted by Crippen LogP contribution is 2.36. The average molecular weight is 233 g/mol. The molecule has 0 saturated heterocycles. The van der Waals surface area contributed by atoms with Crippen LogP contribution in [0.5, 0.6) is 0 Å². The molecular formula is C15H20FN. The van der Waals surface area contributed by atoms with Crippen molar-refractivity contribution in [1.82, 2.24) is 5.32 Å². The number of halogens is 1. The molecule has 0 aromatic heterocycles. The van der Waals surface area contributed by atoms with Gasteiger partial charge in [0.1, 0.15) is 5.82 Å². The molecule has 0 amide bonds. The molecule has 2 rings (SSSR count). The van der Waals surface area contributed by atoms with Gasteiger partial charge in [-0.1, -0.05) is 24.3 Å². The van der Waals surface area contributed by atoms with Gasteiger partial charge in [-0.3, -0.25) is 0 Å². The summed E-state index contributed by atoms with van der Waals surface area (Å²) in [4.78, 5) is 0. The summed E-state index contributed by atoms with van der Waals surface area (Å²) >= 11 is 0. The Kier molecular flexibility index (Phi) is 4.32. The predicted molar refractivity (Wildman–Crippen MR) is 69.6 cm³/mol. The molecule has 92 valence electrons. The SMILES string of the molecule is C/C=C/CCNC1CC(c2ccc(F)cc2)C1. The Hall–Kier alpha value is -1.15. The molecule has 0 bridgehead atoms. The molecule has 1 nitrogen and oxygen atoms in total. The molecule has 1 fully saturated rings. The van der Waals surface area contributed by atoms with E-state index < -0.39 is 0 Å². The maximum atomic E-state index is 12.8. The molecule has 1 aromatic carbocycles. The number of benzene rings is 1. The molecule has 0 atom stereocenters. The highest BCUT2D eigenvalue weighted by Gasteiger charge is 2.29. The molecule has 0 heterocycles. The first-order valence-electron chi connectivity index (χ1n) is 6.39. The highest BCUT2D eigenvalue weighted by atomic mass is 19.1. The van der Waals surface area contributed by atoms with Crippen LogP contribution in [-0.2, 0) is 0 Å². The van der Waals surface area contributed by atoms with Crippen molar-refractivity contribution in [3.63, 3.8) is 0 Å². The van der Waals surface area contributed by atoms with Gasteiger partial charge in [0, 0.05) is 6.04 Å². The maximum Gasteiger partial charge on any atom is 0.123 e. The summed E-state index contributed by atoms with van der Waals surface area (Å²) in [6, 6.07) is 7.59. The fourth-order valence-electron chi connectivity index (χ4n) is 2.33. The van der Waals surface area contributed by atoms with Crippen LogP contribution in [0.25, 0.3) is 0 Å². The molecular weight excluding hydrogens is 213 g/mol. The average Bonchev–Trinajstić information content (AvgIpc) is 2.28. The summed E-state index contributed by atoms with van der Waals surface area (Å²) in [5.74, 6) is 0.476. The van der Waals surface area contributed by atoms with Crippen LogP contribution in [0.1, 0.15) is 37.7 Å². The van der Waals surface area contributed by atoms with E-state index in [4.69, 9.17) is 0 Å². The lowest BCUT2D eigenvalue weighted by atomic mass is 9.76. The van der Waals surface area contributed by atoms with Gasteiger partial charge in [-0.15, -0.1) is 0 Å². The van der Waals surface area contributed by atoms with Crippen molar-refractivity contribution in [2.45, 2.75) is 38.1 Å². The van der Waals surface area contributed by atoms with Crippen LogP contribution in [-0.4, -0.2) is 12.6 Å². The summed E-state index contributed by atoms with van der Waals surface area (Å²) < 4.78 is 12.8. The van der Waals surface area contributed by atoms with Crippen LogP contribution in [0.4, 0.5) is 4.39 Å². The van der Waals surface area contributed by atoms with Crippen LogP contribution in [0.2, 0.25) is 0 Å². The minimum atomic E-state index is -0.144. The highest BCUT2D eigenvalue weighted by molar-refractivity contribution is 5.23. The van der Waals surface area contributed by atoms with Crippen LogP contribution in [0.15, 0.2) is 36.4 Å². The third kappa shape index (κ3) is 3.40. The zero-order chi connectivity index (χ0) is 12.1. The lowest BCUT2D eigenvalue weighted by molar-refractivity contribution is 0.293. The summed E-state index contributed by atoms with van der Waals surface area (Å²) in [5, 5.41) is 3.54. The van der Waals surface area contributed by atoms with Gasteiger partial charge in [-0.2, -0.15) is 0 Å². The van der Waals surface area contributed by atoms with E-state index in [0.29, 0.717) is 12.0 Å². The number of rotatable bonds is 5. The Morgan fingerprint density at radius 1 is 1.29 bits per heavy atom.